The third kappa shape index (κ3) is 3.56. The topological polar surface area (TPSA) is 47.1 Å². The van der Waals surface area contributed by atoms with Gasteiger partial charge in [0, 0.05) is 18.0 Å². The third-order valence-corrected chi connectivity index (χ3v) is 6.14. The quantitative estimate of drug-likeness (QED) is 0.458. The van der Waals surface area contributed by atoms with Gasteiger partial charge in [0.2, 0.25) is 0 Å². The van der Waals surface area contributed by atoms with Crippen molar-refractivity contribution < 1.29 is 4.42 Å². The zero-order chi connectivity index (χ0) is 19.8. The maximum atomic E-state index is 6.70. The molecule has 1 fully saturated rings. The first-order valence-corrected chi connectivity index (χ1v) is 10.4. The highest BCUT2D eigenvalue weighted by Crippen LogP contribution is 2.32. The van der Waals surface area contributed by atoms with Gasteiger partial charge in [-0.25, -0.2) is 9.67 Å². The highest BCUT2D eigenvalue weighted by atomic mass is 35.5. The monoisotopic (exact) mass is 406 g/mol. The minimum Gasteiger partial charge on any atom is -0.440 e. The maximum absolute atomic E-state index is 6.70. The van der Waals surface area contributed by atoms with Crippen LogP contribution in [-0.4, -0.2) is 32.8 Å². The smallest absolute Gasteiger partial charge is 0.198 e. The molecule has 0 unspecified atom stereocenters. The summed E-state index contributed by atoms with van der Waals surface area (Å²) >= 11 is 6.70. The van der Waals surface area contributed by atoms with Gasteiger partial charge in [-0.1, -0.05) is 41.9 Å². The van der Waals surface area contributed by atoms with Crippen molar-refractivity contribution >= 4 is 22.7 Å². The van der Waals surface area contributed by atoms with E-state index in [2.05, 4.69) is 10.00 Å². The number of oxazole rings is 1. The van der Waals surface area contributed by atoms with E-state index in [9.17, 15) is 0 Å². The van der Waals surface area contributed by atoms with Gasteiger partial charge in [0.1, 0.15) is 10.7 Å². The summed E-state index contributed by atoms with van der Waals surface area (Å²) in [7, 11) is 0. The Hall–Kier alpha value is -2.63. The van der Waals surface area contributed by atoms with Crippen LogP contribution in [0, 0.1) is 6.92 Å². The van der Waals surface area contributed by atoms with Crippen LogP contribution in [0.25, 0.3) is 16.8 Å². The minimum atomic E-state index is 0.377. The number of halogens is 1. The number of nitrogens with zero attached hydrogens (tertiary/aromatic N) is 4. The lowest BCUT2D eigenvalue weighted by molar-refractivity contribution is 0.193. The highest BCUT2D eigenvalue weighted by molar-refractivity contribution is 6.30. The number of hydrogen-bond acceptors (Lipinski definition) is 4. The molecular weight excluding hydrogens is 384 g/mol. The van der Waals surface area contributed by atoms with E-state index in [1.165, 1.54) is 0 Å². The van der Waals surface area contributed by atoms with E-state index < -0.39 is 0 Å². The van der Waals surface area contributed by atoms with Crippen LogP contribution < -0.4 is 0 Å². The van der Waals surface area contributed by atoms with Crippen molar-refractivity contribution in [2.24, 2.45) is 0 Å². The zero-order valence-corrected chi connectivity index (χ0v) is 17.1. The summed E-state index contributed by atoms with van der Waals surface area (Å²) < 4.78 is 7.82. The molecule has 1 aliphatic heterocycles. The van der Waals surface area contributed by atoms with Gasteiger partial charge in [0.15, 0.2) is 11.5 Å². The van der Waals surface area contributed by atoms with E-state index in [0.717, 1.165) is 66.4 Å². The standard InChI is InChI=1S/C23H23ClN4O/c1-16-19(22(24)28(26-16)18-7-3-2-4-8-18)15-27-13-11-17(12-14-27)23-25-20-9-5-6-10-21(20)29-23/h2-10,17H,11-15H2,1H3. The molecule has 5 nitrogen and oxygen atoms in total. The summed E-state index contributed by atoms with van der Waals surface area (Å²) in [5.41, 5.74) is 4.90. The van der Waals surface area contributed by atoms with Crippen molar-refractivity contribution in [1.82, 2.24) is 19.7 Å². The highest BCUT2D eigenvalue weighted by Gasteiger charge is 2.26. The number of aryl methyl sites for hydroxylation is 1. The Balaban J connectivity index is 1.28. The number of benzene rings is 2. The molecule has 0 amide bonds. The Morgan fingerprint density at radius 2 is 1.76 bits per heavy atom. The zero-order valence-electron chi connectivity index (χ0n) is 16.4. The van der Waals surface area contributed by atoms with Crippen molar-refractivity contribution in [2.45, 2.75) is 32.2 Å². The van der Waals surface area contributed by atoms with E-state index in [-0.39, 0.29) is 0 Å². The number of piperidine rings is 1. The van der Waals surface area contributed by atoms with Gasteiger partial charge in [0.25, 0.3) is 0 Å². The van der Waals surface area contributed by atoms with Crippen molar-refractivity contribution in [1.29, 1.82) is 0 Å². The molecule has 148 valence electrons. The molecule has 0 radical (unpaired) electrons. The lowest BCUT2D eigenvalue weighted by atomic mass is 9.96. The largest absolute Gasteiger partial charge is 0.440 e. The SMILES string of the molecule is Cc1nn(-c2ccccc2)c(Cl)c1CN1CCC(c2nc3ccccc3o2)CC1. The second-order valence-electron chi connectivity index (χ2n) is 7.67. The molecule has 2 aromatic heterocycles. The van der Waals surface area contributed by atoms with Crippen LogP contribution in [0.2, 0.25) is 5.15 Å². The molecule has 1 saturated heterocycles. The first-order chi connectivity index (χ1) is 14.2. The van der Waals surface area contributed by atoms with Crippen molar-refractivity contribution in [3.05, 3.63) is 76.9 Å². The number of fused-ring (bicyclic) bond motifs is 1. The molecular formula is C23H23ClN4O. The Morgan fingerprint density at radius 3 is 2.52 bits per heavy atom. The molecule has 2 aromatic carbocycles. The molecule has 29 heavy (non-hydrogen) atoms. The van der Waals surface area contributed by atoms with Crippen molar-refractivity contribution in [3.63, 3.8) is 0 Å². The van der Waals surface area contributed by atoms with Crippen molar-refractivity contribution in [3.8, 4) is 5.69 Å². The molecule has 0 aliphatic carbocycles. The number of para-hydroxylation sites is 3. The Kier molecular flexibility index (Phi) is 4.86. The number of likely N-dealkylation sites (tertiary alicyclic amines) is 1. The fourth-order valence-electron chi connectivity index (χ4n) is 4.08. The van der Waals surface area contributed by atoms with Crippen LogP contribution in [0.4, 0.5) is 0 Å². The molecule has 3 heterocycles. The fraction of sp³-hybridized carbons (Fsp3) is 0.304. The van der Waals surface area contributed by atoms with Gasteiger partial charge in [0.05, 0.1) is 11.4 Å². The molecule has 0 spiro atoms. The summed E-state index contributed by atoms with van der Waals surface area (Å²) in [5.74, 6) is 1.25. The average Bonchev–Trinajstić information content (AvgIpc) is 3.31. The van der Waals surface area contributed by atoms with E-state index >= 15 is 0 Å². The van der Waals surface area contributed by atoms with E-state index in [4.69, 9.17) is 21.0 Å². The normalized spacial score (nSPS) is 15.9. The number of hydrogen-bond donors (Lipinski definition) is 0. The van der Waals surface area contributed by atoms with Crippen LogP contribution in [-0.2, 0) is 6.54 Å². The van der Waals surface area contributed by atoms with E-state index in [1.54, 1.807) is 0 Å². The van der Waals surface area contributed by atoms with Crippen LogP contribution in [0.1, 0.15) is 35.9 Å². The summed E-state index contributed by atoms with van der Waals surface area (Å²) in [6, 6.07) is 18.0. The first kappa shape index (κ1) is 18.4. The van der Waals surface area contributed by atoms with E-state index in [1.807, 2.05) is 66.2 Å². The molecule has 0 bridgehead atoms. The van der Waals surface area contributed by atoms with Gasteiger partial charge >= 0.3 is 0 Å². The summed E-state index contributed by atoms with van der Waals surface area (Å²) in [4.78, 5) is 7.14. The fourth-order valence-corrected chi connectivity index (χ4v) is 4.41. The van der Waals surface area contributed by atoms with E-state index in [0.29, 0.717) is 11.1 Å². The summed E-state index contributed by atoms with van der Waals surface area (Å²) in [5, 5.41) is 5.37. The van der Waals surface area contributed by atoms with Gasteiger partial charge in [-0.15, -0.1) is 0 Å². The predicted octanol–water partition coefficient (Wildman–Crippen LogP) is 5.35. The number of rotatable bonds is 4. The van der Waals surface area contributed by atoms with Crippen LogP contribution in [0.5, 0.6) is 0 Å². The molecule has 5 rings (SSSR count). The molecule has 0 saturated carbocycles. The van der Waals surface area contributed by atoms with Gasteiger partial charge < -0.3 is 4.42 Å². The Bertz CT molecular complexity index is 1090. The average molecular weight is 407 g/mol. The first-order valence-electron chi connectivity index (χ1n) is 10.1. The second-order valence-corrected chi connectivity index (χ2v) is 8.03. The Labute approximate surface area is 174 Å². The van der Waals surface area contributed by atoms with Gasteiger partial charge in [-0.05, 0) is 57.1 Å². The van der Waals surface area contributed by atoms with Crippen LogP contribution >= 0.6 is 11.6 Å². The number of aromatic nitrogens is 3. The molecule has 6 heteroatoms. The van der Waals surface area contributed by atoms with Crippen molar-refractivity contribution in [2.75, 3.05) is 13.1 Å². The van der Waals surface area contributed by atoms with Gasteiger partial charge in [-0.3, -0.25) is 4.90 Å². The third-order valence-electron chi connectivity index (χ3n) is 5.75. The van der Waals surface area contributed by atoms with Crippen LogP contribution in [0.15, 0.2) is 59.0 Å². The molecule has 1 aliphatic rings. The Morgan fingerprint density at radius 1 is 1.03 bits per heavy atom. The summed E-state index contributed by atoms with van der Waals surface area (Å²) in [6.07, 6.45) is 2.08. The lowest BCUT2D eigenvalue weighted by Gasteiger charge is -2.30. The lowest BCUT2D eigenvalue weighted by Crippen LogP contribution is -2.32. The predicted molar refractivity (Wildman–Crippen MR) is 115 cm³/mol. The van der Waals surface area contributed by atoms with Crippen LogP contribution in [0.3, 0.4) is 0 Å². The van der Waals surface area contributed by atoms with Gasteiger partial charge in [-0.2, -0.15) is 5.10 Å². The molecule has 0 N–H and O–H groups in total. The molecule has 0 atom stereocenters. The minimum absolute atomic E-state index is 0.377. The summed E-state index contributed by atoms with van der Waals surface area (Å²) in [6.45, 7) is 4.84. The maximum Gasteiger partial charge on any atom is 0.198 e. The molecule has 4 aromatic rings. The second kappa shape index (κ2) is 7.65.